The van der Waals surface area contributed by atoms with Gasteiger partial charge in [0.05, 0.1) is 11.3 Å². The minimum Gasteiger partial charge on any atom is -0.487 e. The Morgan fingerprint density at radius 3 is 2.76 bits per heavy atom. The molecule has 0 atom stereocenters. The molecule has 25 heavy (non-hydrogen) atoms. The van der Waals surface area contributed by atoms with E-state index in [9.17, 15) is 9.59 Å². The van der Waals surface area contributed by atoms with E-state index in [1.54, 1.807) is 24.4 Å². The summed E-state index contributed by atoms with van der Waals surface area (Å²) in [6.07, 6.45) is 2.46. The lowest BCUT2D eigenvalue weighted by molar-refractivity contribution is 0.112. The van der Waals surface area contributed by atoms with Gasteiger partial charge in [-0.05, 0) is 29.0 Å². The molecule has 122 valence electrons. The number of nitrogens with zero attached hydrogens (tertiary/aromatic N) is 2. The minimum atomic E-state index is -0.168. The van der Waals surface area contributed by atoms with Crippen LogP contribution in [0.1, 0.15) is 16.1 Å². The predicted octanol–water partition coefficient (Wildman–Crippen LogP) is 3.24. The summed E-state index contributed by atoms with van der Waals surface area (Å²) in [5.74, 6) is 0.476. The van der Waals surface area contributed by atoms with Crippen molar-refractivity contribution in [3.8, 4) is 5.75 Å². The molecule has 0 amide bonds. The smallest absolute Gasteiger partial charge is 0.258 e. The number of hydrogen-bond donors (Lipinski definition) is 0. The number of aldehydes is 1. The van der Waals surface area contributed by atoms with Crippen LogP contribution in [0.3, 0.4) is 0 Å². The quantitative estimate of drug-likeness (QED) is 0.539. The highest BCUT2D eigenvalue weighted by Crippen LogP contribution is 2.27. The first-order chi connectivity index (χ1) is 12.3. The highest BCUT2D eigenvalue weighted by molar-refractivity contribution is 6.00. The maximum atomic E-state index is 12.1. The second-order valence-electron chi connectivity index (χ2n) is 5.62. The molecule has 5 heteroatoms. The van der Waals surface area contributed by atoms with Crippen LogP contribution in [0.25, 0.3) is 16.4 Å². The first-order valence-electron chi connectivity index (χ1n) is 7.83. The molecule has 4 rings (SSSR count). The SMILES string of the molecule is O=Cc1c(OCc2cc(=O)n3ccccc3n2)ccc2ccccc12. The van der Waals surface area contributed by atoms with Crippen LogP contribution >= 0.6 is 0 Å². The molecule has 0 saturated heterocycles. The number of pyridine rings is 1. The number of aromatic nitrogens is 2. The number of rotatable bonds is 4. The summed E-state index contributed by atoms with van der Waals surface area (Å²) >= 11 is 0. The number of hydrogen-bond acceptors (Lipinski definition) is 4. The third-order valence-electron chi connectivity index (χ3n) is 4.05. The van der Waals surface area contributed by atoms with E-state index in [1.165, 1.54) is 10.5 Å². The van der Waals surface area contributed by atoms with Gasteiger partial charge in [-0.25, -0.2) is 4.98 Å². The Labute approximate surface area is 143 Å². The number of benzene rings is 2. The van der Waals surface area contributed by atoms with Crippen LogP contribution in [-0.4, -0.2) is 15.7 Å². The molecule has 0 aliphatic rings. The zero-order valence-electron chi connectivity index (χ0n) is 13.3. The molecule has 2 aromatic carbocycles. The fraction of sp³-hybridized carbons (Fsp3) is 0.0500. The lowest BCUT2D eigenvalue weighted by Gasteiger charge is -2.11. The van der Waals surface area contributed by atoms with E-state index < -0.39 is 0 Å². The molecule has 0 radical (unpaired) electrons. The molecule has 0 spiro atoms. The van der Waals surface area contributed by atoms with Crippen LogP contribution < -0.4 is 10.3 Å². The summed E-state index contributed by atoms with van der Waals surface area (Å²) in [7, 11) is 0. The monoisotopic (exact) mass is 330 g/mol. The summed E-state index contributed by atoms with van der Waals surface area (Å²) in [5.41, 5.74) is 1.40. The maximum Gasteiger partial charge on any atom is 0.258 e. The lowest BCUT2D eigenvalue weighted by atomic mass is 10.0. The van der Waals surface area contributed by atoms with Crippen molar-refractivity contribution in [2.75, 3.05) is 0 Å². The zero-order valence-corrected chi connectivity index (χ0v) is 13.3. The molecule has 2 heterocycles. The van der Waals surface area contributed by atoms with Crippen molar-refractivity contribution in [3.63, 3.8) is 0 Å². The highest BCUT2D eigenvalue weighted by Gasteiger charge is 2.09. The van der Waals surface area contributed by atoms with Crippen molar-refractivity contribution < 1.29 is 9.53 Å². The van der Waals surface area contributed by atoms with Gasteiger partial charge in [0.1, 0.15) is 18.0 Å². The molecule has 0 unspecified atom stereocenters. The summed E-state index contributed by atoms with van der Waals surface area (Å²) < 4.78 is 7.25. The summed E-state index contributed by atoms with van der Waals surface area (Å²) in [6, 6.07) is 18.1. The van der Waals surface area contributed by atoms with Gasteiger partial charge in [-0.3, -0.25) is 14.0 Å². The predicted molar refractivity (Wildman–Crippen MR) is 95.1 cm³/mol. The Kier molecular flexibility index (Phi) is 3.74. The Morgan fingerprint density at radius 2 is 1.88 bits per heavy atom. The Hall–Kier alpha value is -3.47. The molecule has 0 bridgehead atoms. The fourth-order valence-corrected chi connectivity index (χ4v) is 2.85. The second-order valence-corrected chi connectivity index (χ2v) is 5.62. The molecule has 0 aliphatic heterocycles. The topological polar surface area (TPSA) is 60.7 Å². The van der Waals surface area contributed by atoms with Crippen molar-refractivity contribution >= 4 is 22.7 Å². The van der Waals surface area contributed by atoms with Crippen molar-refractivity contribution in [1.29, 1.82) is 0 Å². The molecule has 2 aromatic heterocycles. The first-order valence-corrected chi connectivity index (χ1v) is 7.83. The van der Waals surface area contributed by atoms with Gasteiger partial charge in [-0.15, -0.1) is 0 Å². The highest BCUT2D eigenvalue weighted by atomic mass is 16.5. The minimum absolute atomic E-state index is 0.111. The van der Waals surface area contributed by atoms with Gasteiger partial charge in [0.25, 0.3) is 5.56 Å². The molecule has 0 N–H and O–H groups in total. The van der Waals surface area contributed by atoms with Crippen molar-refractivity contribution in [3.05, 3.63) is 88.5 Å². The van der Waals surface area contributed by atoms with E-state index in [0.717, 1.165) is 17.1 Å². The van der Waals surface area contributed by atoms with Crippen LogP contribution in [0.15, 0.2) is 71.7 Å². The third-order valence-corrected chi connectivity index (χ3v) is 4.05. The lowest BCUT2D eigenvalue weighted by Crippen LogP contribution is -2.16. The first kappa shape index (κ1) is 15.1. The van der Waals surface area contributed by atoms with E-state index in [-0.39, 0.29) is 12.2 Å². The van der Waals surface area contributed by atoms with Gasteiger partial charge in [0.2, 0.25) is 0 Å². The molecule has 0 aliphatic carbocycles. The molecular weight excluding hydrogens is 316 g/mol. The van der Waals surface area contributed by atoms with Crippen molar-refractivity contribution in [1.82, 2.24) is 9.38 Å². The third kappa shape index (κ3) is 2.76. The van der Waals surface area contributed by atoms with Gasteiger partial charge >= 0.3 is 0 Å². The van der Waals surface area contributed by atoms with E-state index in [4.69, 9.17) is 4.74 Å². The van der Waals surface area contributed by atoms with E-state index in [0.29, 0.717) is 22.7 Å². The Morgan fingerprint density at radius 1 is 1.04 bits per heavy atom. The van der Waals surface area contributed by atoms with Gasteiger partial charge in [-0.1, -0.05) is 36.4 Å². The molecule has 0 fully saturated rings. The summed E-state index contributed by atoms with van der Waals surface area (Å²) in [4.78, 5) is 28.1. The van der Waals surface area contributed by atoms with Gasteiger partial charge < -0.3 is 4.74 Å². The zero-order chi connectivity index (χ0) is 17.2. The number of carbonyl (C=O) groups is 1. The average molecular weight is 330 g/mol. The van der Waals surface area contributed by atoms with Crippen LogP contribution in [0.2, 0.25) is 0 Å². The van der Waals surface area contributed by atoms with Crippen LogP contribution in [0.4, 0.5) is 0 Å². The van der Waals surface area contributed by atoms with Crippen LogP contribution in [-0.2, 0) is 6.61 Å². The number of ether oxygens (including phenoxy) is 1. The van der Waals surface area contributed by atoms with E-state index in [2.05, 4.69) is 4.98 Å². The number of carbonyl (C=O) groups excluding carboxylic acids is 1. The standard InChI is InChI=1S/C20H14N2O3/c23-12-17-16-6-2-1-5-14(16)8-9-18(17)25-13-15-11-20(24)22-10-4-3-7-19(22)21-15/h1-12H,13H2. The Balaban J connectivity index is 1.69. The van der Waals surface area contributed by atoms with Crippen LogP contribution in [0, 0.1) is 0 Å². The molecule has 4 aromatic rings. The van der Waals surface area contributed by atoms with Crippen molar-refractivity contribution in [2.24, 2.45) is 0 Å². The van der Waals surface area contributed by atoms with E-state index >= 15 is 0 Å². The summed E-state index contributed by atoms with van der Waals surface area (Å²) in [5, 5.41) is 1.81. The Bertz CT molecular complexity index is 1150. The molecule has 5 nitrogen and oxygen atoms in total. The molecule has 0 saturated carbocycles. The molecular formula is C20H14N2O3. The van der Waals surface area contributed by atoms with Gasteiger partial charge in [0, 0.05) is 12.3 Å². The second kappa shape index (κ2) is 6.20. The maximum absolute atomic E-state index is 12.1. The largest absolute Gasteiger partial charge is 0.487 e. The summed E-state index contributed by atoms with van der Waals surface area (Å²) in [6.45, 7) is 0.111. The normalized spacial score (nSPS) is 10.9. The van der Waals surface area contributed by atoms with Gasteiger partial charge in [0.15, 0.2) is 6.29 Å². The fourth-order valence-electron chi connectivity index (χ4n) is 2.85. The van der Waals surface area contributed by atoms with E-state index in [1.807, 2.05) is 36.4 Å². The average Bonchev–Trinajstić information content (AvgIpc) is 2.66. The van der Waals surface area contributed by atoms with Crippen molar-refractivity contribution in [2.45, 2.75) is 6.61 Å². The van der Waals surface area contributed by atoms with Gasteiger partial charge in [-0.2, -0.15) is 0 Å². The number of fused-ring (bicyclic) bond motifs is 2. The van der Waals surface area contributed by atoms with Crippen LogP contribution in [0.5, 0.6) is 5.75 Å².